The summed E-state index contributed by atoms with van der Waals surface area (Å²) in [5, 5.41) is 0. The topological polar surface area (TPSA) is 75.4 Å². The molecule has 2 N–H and O–H groups in total. The van der Waals surface area contributed by atoms with Crippen LogP contribution in [-0.2, 0) is 6.54 Å². The van der Waals surface area contributed by atoms with E-state index in [0.29, 0.717) is 30.8 Å². The average Bonchev–Trinajstić information content (AvgIpc) is 3.05. The number of nitrogens with zero attached hydrogens (tertiary/aromatic N) is 4. The van der Waals surface area contributed by atoms with Gasteiger partial charge in [0.25, 0.3) is 5.91 Å². The van der Waals surface area contributed by atoms with Crippen LogP contribution < -0.4 is 5.73 Å². The van der Waals surface area contributed by atoms with E-state index in [1.165, 1.54) is 0 Å². The fourth-order valence-electron chi connectivity index (χ4n) is 2.90. The van der Waals surface area contributed by atoms with Crippen LogP contribution in [0.25, 0.3) is 0 Å². The molecule has 0 aliphatic carbocycles. The number of hydrogen-bond acceptors (Lipinski definition) is 5. The van der Waals surface area contributed by atoms with E-state index in [0.717, 1.165) is 23.0 Å². The highest BCUT2D eigenvalue weighted by atomic mass is 79.9. The summed E-state index contributed by atoms with van der Waals surface area (Å²) in [4.78, 5) is 25.1. The highest BCUT2D eigenvalue weighted by Gasteiger charge is 2.29. The predicted octanol–water partition coefficient (Wildman–Crippen LogP) is 2.17. The quantitative estimate of drug-likeness (QED) is 0.866. The molecule has 2 heterocycles. The SMILES string of the molecule is CN(Cc1nccc(N)n1)[C@H]1CCN(C(=O)c2ccc(Br)cc2)C1. The van der Waals surface area contributed by atoms with E-state index < -0.39 is 0 Å². The molecule has 2 aromatic rings. The van der Waals surface area contributed by atoms with E-state index in [2.05, 4.69) is 30.8 Å². The van der Waals surface area contributed by atoms with Gasteiger partial charge >= 0.3 is 0 Å². The van der Waals surface area contributed by atoms with E-state index in [4.69, 9.17) is 5.73 Å². The number of likely N-dealkylation sites (N-methyl/N-ethyl adjacent to an activating group) is 1. The summed E-state index contributed by atoms with van der Waals surface area (Å²) in [6, 6.07) is 9.47. The molecule has 0 radical (unpaired) electrons. The molecule has 0 saturated carbocycles. The summed E-state index contributed by atoms with van der Waals surface area (Å²) in [6.07, 6.45) is 2.62. The van der Waals surface area contributed by atoms with Crippen LogP contribution >= 0.6 is 15.9 Å². The number of amides is 1. The van der Waals surface area contributed by atoms with Crippen LogP contribution in [0.4, 0.5) is 5.82 Å². The zero-order chi connectivity index (χ0) is 17.1. The summed E-state index contributed by atoms with van der Waals surface area (Å²) >= 11 is 3.39. The van der Waals surface area contributed by atoms with Crippen LogP contribution in [0, 0.1) is 0 Å². The Kier molecular flexibility index (Phi) is 5.11. The summed E-state index contributed by atoms with van der Waals surface area (Å²) < 4.78 is 0.972. The van der Waals surface area contributed by atoms with Gasteiger partial charge in [-0.25, -0.2) is 9.97 Å². The molecule has 1 aliphatic rings. The molecule has 1 aliphatic heterocycles. The lowest BCUT2D eigenvalue weighted by Crippen LogP contribution is -2.36. The van der Waals surface area contributed by atoms with Gasteiger partial charge in [0, 0.05) is 35.4 Å². The van der Waals surface area contributed by atoms with Crippen molar-refractivity contribution >= 4 is 27.7 Å². The van der Waals surface area contributed by atoms with Crippen molar-refractivity contribution < 1.29 is 4.79 Å². The normalized spacial score (nSPS) is 17.5. The minimum Gasteiger partial charge on any atom is -0.384 e. The number of nitrogens with two attached hydrogens (primary N) is 1. The fourth-order valence-corrected chi connectivity index (χ4v) is 3.17. The van der Waals surface area contributed by atoms with Crippen molar-refractivity contribution in [3.8, 4) is 0 Å². The first kappa shape index (κ1) is 16.9. The van der Waals surface area contributed by atoms with Crippen molar-refractivity contribution in [2.45, 2.75) is 19.0 Å². The van der Waals surface area contributed by atoms with E-state index >= 15 is 0 Å². The zero-order valence-corrected chi connectivity index (χ0v) is 15.1. The number of likely N-dealkylation sites (tertiary alicyclic amines) is 1. The van der Waals surface area contributed by atoms with Crippen LogP contribution in [0.1, 0.15) is 22.6 Å². The Morgan fingerprint density at radius 1 is 1.38 bits per heavy atom. The van der Waals surface area contributed by atoms with Crippen molar-refractivity contribution in [3.63, 3.8) is 0 Å². The van der Waals surface area contributed by atoms with Crippen LogP contribution in [0.2, 0.25) is 0 Å². The second-order valence-corrected chi connectivity index (χ2v) is 6.93. The van der Waals surface area contributed by atoms with Crippen LogP contribution in [-0.4, -0.2) is 51.9 Å². The van der Waals surface area contributed by atoms with Gasteiger partial charge in [-0.05, 0) is 43.8 Å². The third-order valence-corrected chi connectivity index (χ3v) is 4.81. The van der Waals surface area contributed by atoms with Crippen molar-refractivity contribution in [3.05, 3.63) is 52.4 Å². The first-order valence-electron chi connectivity index (χ1n) is 7.85. The van der Waals surface area contributed by atoms with Gasteiger partial charge in [-0.15, -0.1) is 0 Å². The number of carbonyl (C=O) groups excluding carboxylic acids is 1. The number of anilines is 1. The summed E-state index contributed by atoms with van der Waals surface area (Å²) in [5.41, 5.74) is 6.42. The Morgan fingerprint density at radius 2 is 2.12 bits per heavy atom. The zero-order valence-electron chi connectivity index (χ0n) is 13.5. The Balaban J connectivity index is 1.60. The summed E-state index contributed by atoms with van der Waals surface area (Å²) in [7, 11) is 2.03. The van der Waals surface area contributed by atoms with Crippen molar-refractivity contribution in [1.82, 2.24) is 19.8 Å². The lowest BCUT2D eigenvalue weighted by Gasteiger charge is -2.24. The lowest BCUT2D eigenvalue weighted by atomic mass is 10.2. The summed E-state index contributed by atoms with van der Waals surface area (Å²) in [6.45, 7) is 2.10. The predicted molar refractivity (Wildman–Crippen MR) is 96.4 cm³/mol. The Bertz CT molecular complexity index is 721. The van der Waals surface area contributed by atoms with Crippen LogP contribution in [0.15, 0.2) is 41.0 Å². The molecule has 1 atom stereocenters. The van der Waals surface area contributed by atoms with Crippen molar-refractivity contribution in [1.29, 1.82) is 0 Å². The molecule has 126 valence electrons. The molecule has 1 amide bonds. The molecule has 7 heteroatoms. The number of benzene rings is 1. The first-order valence-corrected chi connectivity index (χ1v) is 8.64. The largest absolute Gasteiger partial charge is 0.384 e. The number of hydrogen-bond donors (Lipinski definition) is 1. The van der Waals surface area contributed by atoms with Gasteiger partial charge in [0.05, 0.1) is 6.54 Å². The molecule has 1 aromatic carbocycles. The maximum Gasteiger partial charge on any atom is 0.253 e. The third-order valence-electron chi connectivity index (χ3n) is 4.28. The van der Waals surface area contributed by atoms with Gasteiger partial charge in [-0.1, -0.05) is 15.9 Å². The highest BCUT2D eigenvalue weighted by molar-refractivity contribution is 9.10. The molecule has 0 unspecified atom stereocenters. The number of rotatable bonds is 4. The Labute approximate surface area is 149 Å². The third kappa shape index (κ3) is 3.91. The van der Waals surface area contributed by atoms with E-state index in [-0.39, 0.29) is 5.91 Å². The minimum absolute atomic E-state index is 0.0820. The van der Waals surface area contributed by atoms with Gasteiger partial charge in [0.15, 0.2) is 0 Å². The maximum absolute atomic E-state index is 12.6. The van der Waals surface area contributed by atoms with Gasteiger partial charge in [0.2, 0.25) is 0 Å². The van der Waals surface area contributed by atoms with Gasteiger partial charge in [-0.2, -0.15) is 0 Å². The molecule has 3 rings (SSSR count). The van der Waals surface area contributed by atoms with Gasteiger partial charge < -0.3 is 10.6 Å². The van der Waals surface area contributed by atoms with Crippen molar-refractivity contribution in [2.24, 2.45) is 0 Å². The first-order chi connectivity index (χ1) is 11.5. The Morgan fingerprint density at radius 3 is 2.83 bits per heavy atom. The fraction of sp³-hybridized carbons (Fsp3) is 0.353. The Hall–Kier alpha value is -1.99. The smallest absolute Gasteiger partial charge is 0.253 e. The molecule has 24 heavy (non-hydrogen) atoms. The number of nitrogen functional groups attached to an aromatic ring is 1. The minimum atomic E-state index is 0.0820. The number of halogens is 1. The van der Waals surface area contributed by atoms with Crippen LogP contribution in [0.3, 0.4) is 0 Å². The number of carbonyl (C=O) groups is 1. The molecule has 6 nitrogen and oxygen atoms in total. The van der Waals surface area contributed by atoms with E-state index in [1.54, 1.807) is 12.3 Å². The molecule has 0 spiro atoms. The average molecular weight is 390 g/mol. The molecule has 1 aromatic heterocycles. The van der Waals surface area contributed by atoms with Gasteiger partial charge in [-0.3, -0.25) is 9.69 Å². The second kappa shape index (κ2) is 7.27. The summed E-state index contributed by atoms with van der Waals surface area (Å²) in [5.74, 6) is 1.26. The molecule has 1 fully saturated rings. The second-order valence-electron chi connectivity index (χ2n) is 6.01. The van der Waals surface area contributed by atoms with E-state index in [1.807, 2.05) is 36.2 Å². The van der Waals surface area contributed by atoms with Gasteiger partial charge in [0.1, 0.15) is 11.6 Å². The molecule has 1 saturated heterocycles. The molecular weight excluding hydrogens is 370 g/mol. The van der Waals surface area contributed by atoms with E-state index in [9.17, 15) is 4.79 Å². The molecular formula is C17H20BrN5O. The maximum atomic E-state index is 12.6. The monoisotopic (exact) mass is 389 g/mol. The number of aromatic nitrogens is 2. The standard InChI is InChI=1S/C17H20BrN5O/c1-22(11-16-20-8-6-15(19)21-16)14-7-9-23(10-14)17(24)12-2-4-13(18)5-3-12/h2-6,8,14H,7,9-11H2,1H3,(H2,19,20,21)/t14-/m0/s1. The lowest BCUT2D eigenvalue weighted by molar-refractivity contribution is 0.0779. The molecule has 0 bridgehead atoms. The van der Waals surface area contributed by atoms with Crippen LogP contribution in [0.5, 0.6) is 0 Å². The highest BCUT2D eigenvalue weighted by Crippen LogP contribution is 2.19. The van der Waals surface area contributed by atoms with Crippen molar-refractivity contribution in [2.75, 3.05) is 25.9 Å².